The number of rotatable bonds is 11. The minimum Gasteiger partial charge on any atom is -0.497 e. The second-order valence-electron chi connectivity index (χ2n) is 8.60. The molecule has 0 fully saturated rings. The minimum atomic E-state index is -4.07. The predicted molar refractivity (Wildman–Crippen MR) is 144 cm³/mol. The lowest BCUT2D eigenvalue weighted by molar-refractivity contribution is -0.139. The van der Waals surface area contributed by atoms with Gasteiger partial charge in [0.1, 0.15) is 18.3 Å². The van der Waals surface area contributed by atoms with Gasteiger partial charge < -0.3 is 15.0 Å². The normalized spacial score (nSPS) is 11.9. The molecule has 0 aromatic heterocycles. The summed E-state index contributed by atoms with van der Waals surface area (Å²) in [5.41, 5.74) is 1.99. The van der Waals surface area contributed by atoms with Gasteiger partial charge in [0.15, 0.2) is 0 Å². The molecule has 0 aliphatic heterocycles. The molecule has 0 unspecified atom stereocenters. The number of benzene rings is 3. The molecule has 196 valence electrons. The Hall–Kier alpha value is -3.85. The Balaban J connectivity index is 2.00. The van der Waals surface area contributed by atoms with Crippen LogP contribution in [0.5, 0.6) is 5.75 Å². The quantitative estimate of drug-likeness (QED) is 0.413. The van der Waals surface area contributed by atoms with Crippen molar-refractivity contribution in [3.05, 3.63) is 90.0 Å². The molecule has 0 saturated heterocycles. The van der Waals surface area contributed by atoms with E-state index in [1.165, 1.54) is 17.0 Å². The Labute approximate surface area is 218 Å². The van der Waals surface area contributed by atoms with E-state index in [4.69, 9.17) is 4.74 Å². The van der Waals surface area contributed by atoms with E-state index in [0.717, 1.165) is 15.4 Å². The van der Waals surface area contributed by atoms with Crippen molar-refractivity contribution in [3.63, 3.8) is 0 Å². The van der Waals surface area contributed by atoms with Crippen LogP contribution in [0.3, 0.4) is 0 Å². The fourth-order valence-corrected chi connectivity index (χ4v) is 5.29. The third-order valence-corrected chi connectivity index (χ3v) is 7.72. The van der Waals surface area contributed by atoms with Crippen molar-refractivity contribution in [3.8, 4) is 5.75 Å². The summed E-state index contributed by atoms with van der Waals surface area (Å²) < 4.78 is 33.7. The third kappa shape index (κ3) is 6.89. The first-order chi connectivity index (χ1) is 17.7. The van der Waals surface area contributed by atoms with Crippen molar-refractivity contribution in [2.24, 2.45) is 0 Å². The molecule has 37 heavy (non-hydrogen) atoms. The zero-order chi connectivity index (χ0) is 27.0. The zero-order valence-corrected chi connectivity index (χ0v) is 22.4. The van der Waals surface area contributed by atoms with E-state index >= 15 is 0 Å². The van der Waals surface area contributed by atoms with Crippen LogP contribution >= 0.6 is 0 Å². The second kappa shape index (κ2) is 12.4. The summed E-state index contributed by atoms with van der Waals surface area (Å²) in [7, 11) is -2.50. The van der Waals surface area contributed by atoms with Crippen LogP contribution in [-0.4, -0.2) is 51.4 Å². The van der Waals surface area contributed by atoms with E-state index in [-0.39, 0.29) is 17.3 Å². The van der Waals surface area contributed by atoms with Gasteiger partial charge >= 0.3 is 0 Å². The van der Waals surface area contributed by atoms with Crippen LogP contribution < -0.4 is 14.4 Å². The predicted octanol–water partition coefficient (Wildman–Crippen LogP) is 3.75. The van der Waals surface area contributed by atoms with E-state index in [2.05, 4.69) is 5.32 Å². The van der Waals surface area contributed by atoms with Gasteiger partial charge in [0, 0.05) is 13.1 Å². The molecule has 0 aliphatic carbocycles. The number of nitrogens with zero attached hydrogens (tertiary/aromatic N) is 2. The number of anilines is 1. The van der Waals surface area contributed by atoms with Crippen molar-refractivity contribution in [2.75, 3.05) is 24.5 Å². The monoisotopic (exact) mass is 523 g/mol. The van der Waals surface area contributed by atoms with E-state index in [9.17, 15) is 18.0 Å². The molecule has 3 aromatic carbocycles. The maximum absolute atomic E-state index is 13.8. The Morgan fingerprint density at radius 2 is 1.65 bits per heavy atom. The lowest BCUT2D eigenvalue weighted by atomic mass is 10.1. The highest BCUT2D eigenvalue weighted by atomic mass is 32.2. The first kappa shape index (κ1) is 27.7. The van der Waals surface area contributed by atoms with Crippen molar-refractivity contribution >= 4 is 27.5 Å². The second-order valence-corrected chi connectivity index (χ2v) is 10.5. The number of amides is 2. The molecule has 8 nitrogen and oxygen atoms in total. The SMILES string of the molecule is CCNC(=O)[C@@H](C)N(Cc1ccc(OC)cc1)C(=O)CN(c1cccc(C)c1)S(=O)(=O)c1ccccc1. The summed E-state index contributed by atoms with van der Waals surface area (Å²) in [6.45, 7) is 5.34. The first-order valence-electron chi connectivity index (χ1n) is 12.0. The van der Waals surface area contributed by atoms with Crippen LogP contribution in [0.4, 0.5) is 5.69 Å². The van der Waals surface area contributed by atoms with Gasteiger partial charge in [-0.15, -0.1) is 0 Å². The smallest absolute Gasteiger partial charge is 0.264 e. The number of sulfonamides is 1. The Morgan fingerprint density at radius 1 is 0.973 bits per heavy atom. The van der Waals surface area contributed by atoms with Gasteiger partial charge in [0.25, 0.3) is 10.0 Å². The molecule has 0 bridgehead atoms. The fourth-order valence-electron chi connectivity index (χ4n) is 3.86. The number of ether oxygens (including phenoxy) is 1. The van der Waals surface area contributed by atoms with Crippen LogP contribution in [0, 0.1) is 6.92 Å². The molecule has 9 heteroatoms. The number of hydrogen-bond donors (Lipinski definition) is 1. The minimum absolute atomic E-state index is 0.0720. The molecule has 0 radical (unpaired) electrons. The number of nitrogens with one attached hydrogen (secondary N) is 1. The topological polar surface area (TPSA) is 96.0 Å². The summed E-state index contributed by atoms with van der Waals surface area (Å²) in [5, 5.41) is 2.75. The summed E-state index contributed by atoms with van der Waals surface area (Å²) in [6, 6.07) is 21.3. The molecular weight excluding hydrogens is 490 g/mol. The molecule has 3 aromatic rings. The molecule has 0 aliphatic rings. The highest BCUT2D eigenvalue weighted by Gasteiger charge is 2.32. The lowest BCUT2D eigenvalue weighted by Crippen LogP contribution is -2.51. The molecule has 0 heterocycles. The van der Waals surface area contributed by atoms with Gasteiger partial charge in [-0.2, -0.15) is 0 Å². The largest absolute Gasteiger partial charge is 0.497 e. The van der Waals surface area contributed by atoms with Gasteiger partial charge in [0.05, 0.1) is 17.7 Å². The van der Waals surface area contributed by atoms with E-state index in [0.29, 0.717) is 18.0 Å². The summed E-state index contributed by atoms with van der Waals surface area (Å²) in [4.78, 5) is 28.0. The molecule has 2 amide bonds. The molecule has 3 rings (SSSR count). The van der Waals surface area contributed by atoms with Gasteiger partial charge in [-0.1, -0.05) is 42.5 Å². The van der Waals surface area contributed by atoms with E-state index in [1.807, 2.05) is 25.1 Å². The fraction of sp³-hybridized carbons (Fsp3) is 0.286. The molecule has 1 atom stereocenters. The highest BCUT2D eigenvalue weighted by molar-refractivity contribution is 7.92. The first-order valence-corrected chi connectivity index (χ1v) is 13.5. The zero-order valence-electron chi connectivity index (χ0n) is 21.5. The maximum atomic E-state index is 13.8. The van der Waals surface area contributed by atoms with Crippen LogP contribution in [0.1, 0.15) is 25.0 Å². The van der Waals surface area contributed by atoms with E-state index < -0.39 is 28.5 Å². The average Bonchev–Trinajstić information content (AvgIpc) is 2.90. The van der Waals surface area contributed by atoms with Gasteiger partial charge in [-0.05, 0) is 68.3 Å². The summed E-state index contributed by atoms with van der Waals surface area (Å²) >= 11 is 0. The summed E-state index contributed by atoms with van der Waals surface area (Å²) in [6.07, 6.45) is 0. The van der Waals surface area contributed by atoms with Crippen molar-refractivity contribution in [2.45, 2.75) is 38.3 Å². The van der Waals surface area contributed by atoms with Crippen LogP contribution in [-0.2, 0) is 26.2 Å². The van der Waals surface area contributed by atoms with Crippen molar-refractivity contribution in [1.82, 2.24) is 10.2 Å². The number of carbonyl (C=O) groups excluding carboxylic acids is 2. The number of carbonyl (C=O) groups is 2. The van der Waals surface area contributed by atoms with Crippen LogP contribution in [0.15, 0.2) is 83.8 Å². The van der Waals surface area contributed by atoms with E-state index in [1.54, 1.807) is 69.5 Å². The van der Waals surface area contributed by atoms with Gasteiger partial charge in [-0.25, -0.2) is 8.42 Å². The third-order valence-electron chi connectivity index (χ3n) is 5.93. The average molecular weight is 524 g/mol. The Bertz CT molecular complexity index is 1310. The number of aryl methyl sites for hydroxylation is 1. The number of likely N-dealkylation sites (N-methyl/N-ethyl adjacent to an activating group) is 1. The lowest BCUT2D eigenvalue weighted by Gasteiger charge is -2.32. The number of methoxy groups -OCH3 is 1. The van der Waals surface area contributed by atoms with Gasteiger partial charge in [0.2, 0.25) is 11.8 Å². The molecule has 0 spiro atoms. The van der Waals surface area contributed by atoms with Crippen molar-refractivity contribution in [1.29, 1.82) is 0 Å². The Kier molecular flexibility index (Phi) is 9.30. The number of hydrogen-bond acceptors (Lipinski definition) is 5. The molecular formula is C28H33N3O5S. The van der Waals surface area contributed by atoms with Gasteiger partial charge in [-0.3, -0.25) is 13.9 Å². The highest BCUT2D eigenvalue weighted by Crippen LogP contribution is 2.25. The van der Waals surface area contributed by atoms with Crippen LogP contribution in [0.25, 0.3) is 0 Å². The standard InChI is InChI=1S/C28H33N3O5S/c1-5-29-28(33)22(3)30(19-23-14-16-25(36-4)17-15-23)27(32)20-31(24-11-9-10-21(2)18-24)37(34,35)26-12-7-6-8-13-26/h6-18,22H,5,19-20H2,1-4H3,(H,29,33)/t22-/m1/s1. The van der Waals surface area contributed by atoms with Crippen molar-refractivity contribution < 1.29 is 22.7 Å². The molecule has 0 saturated carbocycles. The Morgan fingerprint density at radius 3 is 2.24 bits per heavy atom. The summed E-state index contributed by atoms with van der Waals surface area (Å²) in [5.74, 6) is -0.161. The maximum Gasteiger partial charge on any atom is 0.264 e. The van der Waals surface area contributed by atoms with Crippen LogP contribution in [0.2, 0.25) is 0 Å². The molecule has 1 N–H and O–H groups in total.